The van der Waals surface area contributed by atoms with Crippen LogP contribution in [0.5, 0.6) is 0 Å². The van der Waals surface area contributed by atoms with Crippen molar-refractivity contribution < 1.29 is 19.1 Å². The van der Waals surface area contributed by atoms with Gasteiger partial charge < -0.3 is 15.0 Å². The molecule has 0 unspecified atom stereocenters. The minimum atomic E-state index is -0.540. The van der Waals surface area contributed by atoms with Crippen molar-refractivity contribution in [1.29, 1.82) is 0 Å². The fourth-order valence-electron chi connectivity index (χ4n) is 3.02. The van der Waals surface area contributed by atoms with Gasteiger partial charge in [-0.05, 0) is 50.3 Å². The molecule has 0 radical (unpaired) electrons. The van der Waals surface area contributed by atoms with E-state index in [-0.39, 0.29) is 28.9 Å². The number of nitrogens with one attached hydrogen (secondary N) is 1. The number of amides is 2. The van der Waals surface area contributed by atoms with Crippen LogP contribution >= 0.6 is 11.6 Å². The summed E-state index contributed by atoms with van der Waals surface area (Å²) in [4.78, 5) is 37.3. The van der Waals surface area contributed by atoms with E-state index in [0.29, 0.717) is 12.2 Å². The predicted molar refractivity (Wildman–Crippen MR) is 105 cm³/mol. The normalized spacial score (nSPS) is 13.5. The molecule has 0 fully saturated rings. The maximum absolute atomic E-state index is 12.3. The minimum Gasteiger partial charge on any atom is -0.465 e. The van der Waals surface area contributed by atoms with Gasteiger partial charge in [-0.25, -0.2) is 4.79 Å². The van der Waals surface area contributed by atoms with Crippen molar-refractivity contribution >= 4 is 35.1 Å². The van der Waals surface area contributed by atoms with Gasteiger partial charge in [0.1, 0.15) is 6.54 Å². The number of rotatable bonds is 7. The summed E-state index contributed by atoms with van der Waals surface area (Å²) >= 11 is 6.19. The number of hydrogen-bond acceptors (Lipinski definition) is 4. The Kier molecular flexibility index (Phi) is 7.85. The molecule has 1 aromatic carbocycles. The summed E-state index contributed by atoms with van der Waals surface area (Å²) in [6.07, 6.45) is 7.70. The van der Waals surface area contributed by atoms with Crippen molar-refractivity contribution in [3.63, 3.8) is 0 Å². The highest BCUT2D eigenvalue weighted by Crippen LogP contribution is 2.27. The quantitative estimate of drug-likeness (QED) is 0.569. The van der Waals surface area contributed by atoms with Gasteiger partial charge in [0.15, 0.2) is 0 Å². The SMILES string of the molecule is COC(=O)c1ccc(Cl)c(N(CC(=O)NCCC2=CCCCC2)C(C)=O)c1. The summed E-state index contributed by atoms with van der Waals surface area (Å²) in [7, 11) is 1.27. The number of esters is 1. The second kappa shape index (κ2) is 10.1. The van der Waals surface area contributed by atoms with E-state index in [1.54, 1.807) is 0 Å². The van der Waals surface area contributed by atoms with Crippen LogP contribution in [0.4, 0.5) is 5.69 Å². The molecule has 0 bridgehead atoms. The van der Waals surface area contributed by atoms with Crippen LogP contribution in [0.3, 0.4) is 0 Å². The van der Waals surface area contributed by atoms with Gasteiger partial charge in [0.2, 0.25) is 11.8 Å². The molecule has 7 heteroatoms. The smallest absolute Gasteiger partial charge is 0.337 e. The molecular formula is C20H25ClN2O4. The predicted octanol–water partition coefficient (Wildman–Crippen LogP) is 3.49. The maximum atomic E-state index is 12.3. The first-order valence-electron chi connectivity index (χ1n) is 9.03. The van der Waals surface area contributed by atoms with E-state index in [1.165, 1.54) is 55.5 Å². The molecule has 6 nitrogen and oxygen atoms in total. The summed E-state index contributed by atoms with van der Waals surface area (Å²) in [6, 6.07) is 4.47. The Balaban J connectivity index is 2.02. The van der Waals surface area contributed by atoms with Crippen molar-refractivity contribution in [3.05, 3.63) is 40.4 Å². The average Bonchev–Trinajstić information content (AvgIpc) is 2.66. The van der Waals surface area contributed by atoms with Gasteiger partial charge in [-0.2, -0.15) is 0 Å². The third-order valence-electron chi connectivity index (χ3n) is 4.49. The van der Waals surface area contributed by atoms with E-state index >= 15 is 0 Å². The summed E-state index contributed by atoms with van der Waals surface area (Å²) in [5.74, 6) is -1.16. The first kappa shape index (κ1) is 21.0. The van der Waals surface area contributed by atoms with Crippen LogP contribution in [0.25, 0.3) is 0 Å². The van der Waals surface area contributed by atoms with E-state index in [9.17, 15) is 14.4 Å². The fourth-order valence-corrected chi connectivity index (χ4v) is 3.24. The third-order valence-corrected chi connectivity index (χ3v) is 4.81. The summed E-state index contributed by atoms with van der Waals surface area (Å²) in [6.45, 7) is 1.71. The summed E-state index contributed by atoms with van der Waals surface area (Å²) in [5, 5.41) is 3.12. The second-order valence-electron chi connectivity index (χ2n) is 6.47. The number of anilines is 1. The number of benzene rings is 1. The number of ether oxygens (including phenoxy) is 1. The average molecular weight is 393 g/mol. The first-order chi connectivity index (χ1) is 12.9. The Bertz CT molecular complexity index is 745. The summed E-state index contributed by atoms with van der Waals surface area (Å²) < 4.78 is 4.69. The highest BCUT2D eigenvalue weighted by Gasteiger charge is 2.20. The highest BCUT2D eigenvalue weighted by molar-refractivity contribution is 6.34. The first-order valence-corrected chi connectivity index (χ1v) is 9.40. The number of nitrogens with zero attached hydrogens (tertiary/aromatic N) is 1. The molecule has 146 valence electrons. The van der Waals surface area contributed by atoms with E-state index in [4.69, 9.17) is 16.3 Å². The highest BCUT2D eigenvalue weighted by atomic mass is 35.5. The lowest BCUT2D eigenvalue weighted by Gasteiger charge is -2.22. The fraction of sp³-hybridized carbons (Fsp3) is 0.450. The molecular weight excluding hydrogens is 368 g/mol. The Morgan fingerprint density at radius 3 is 2.67 bits per heavy atom. The molecule has 1 aromatic rings. The number of carbonyl (C=O) groups excluding carboxylic acids is 3. The molecule has 1 N–H and O–H groups in total. The molecule has 0 saturated heterocycles. The van der Waals surface area contributed by atoms with Crippen LogP contribution in [0.2, 0.25) is 5.02 Å². The topological polar surface area (TPSA) is 75.7 Å². The van der Waals surface area contributed by atoms with Crippen LogP contribution < -0.4 is 10.2 Å². The van der Waals surface area contributed by atoms with Crippen LogP contribution in [0, 0.1) is 0 Å². The summed E-state index contributed by atoms with van der Waals surface area (Å²) in [5.41, 5.74) is 1.93. The van der Waals surface area contributed by atoms with E-state index < -0.39 is 5.97 Å². The van der Waals surface area contributed by atoms with Crippen LogP contribution in [0.15, 0.2) is 29.8 Å². The largest absolute Gasteiger partial charge is 0.465 e. The van der Waals surface area contributed by atoms with E-state index in [2.05, 4.69) is 11.4 Å². The molecule has 0 aromatic heterocycles. The maximum Gasteiger partial charge on any atom is 0.337 e. The Morgan fingerprint density at radius 2 is 2.04 bits per heavy atom. The van der Waals surface area contributed by atoms with E-state index in [0.717, 1.165) is 19.3 Å². The Morgan fingerprint density at radius 1 is 1.26 bits per heavy atom. The second-order valence-corrected chi connectivity index (χ2v) is 6.88. The lowest BCUT2D eigenvalue weighted by atomic mass is 9.97. The molecule has 1 aliphatic rings. The molecule has 27 heavy (non-hydrogen) atoms. The Hall–Kier alpha value is -2.34. The van der Waals surface area contributed by atoms with Crippen molar-refractivity contribution in [2.75, 3.05) is 25.1 Å². The zero-order valence-electron chi connectivity index (χ0n) is 15.7. The van der Waals surface area contributed by atoms with Gasteiger partial charge in [0, 0.05) is 13.5 Å². The number of halogens is 1. The van der Waals surface area contributed by atoms with Gasteiger partial charge in [0.25, 0.3) is 0 Å². The molecule has 0 saturated carbocycles. The zero-order valence-corrected chi connectivity index (χ0v) is 16.5. The van der Waals surface area contributed by atoms with Crippen LogP contribution in [0.1, 0.15) is 49.4 Å². The molecule has 2 amide bonds. The number of methoxy groups -OCH3 is 1. The molecule has 0 spiro atoms. The zero-order chi connectivity index (χ0) is 19.8. The lowest BCUT2D eigenvalue weighted by Crippen LogP contribution is -2.40. The van der Waals surface area contributed by atoms with Gasteiger partial charge >= 0.3 is 5.97 Å². The van der Waals surface area contributed by atoms with Crippen LogP contribution in [-0.2, 0) is 14.3 Å². The minimum absolute atomic E-state index is 0.168. The standard InChI is InChI=1S/C20H25ClN2O4/c1-14(24)23(18-12-16(20(26)27-2)8-9-17(18)21)13-19(25)22-11-10-15-6-4-3-5-7-15/h6,8-9,12H,3-5,7,10-11,13H2,1-2H3,(H,22,25). The van der Waals surface area contributed by atoms with Gasteiger partial charge in [0.05, 0.1) is 23.4 Å². The van der Waals surface area contributed by atoms with Crippen molar-refractivity contribution in [2.45, 2.75) is 39.0 Å². The molecule has 1 aliphatic carbocycles. The number of hydrogen-bond donors (Lipinski definition) is 1. The molecule has 0 heterocycles. The van der Waals surface area contributed by atoms with E-state index in [1.807, 2.05) is 0 Å². The number of allylic oxidation sites excluding steroid dienone is 1. The molecule has 0 aliphatic heterocycles. The number of carbonyl (C=O) groups is 3. The molecule has 0 atom stereocenters. The monoisotopic (exact) mass is 392 g/mol. The lowest BCUT2D eigenvalue weighted by molar-refractivity contribution is -0.123. The van der Waals surface area contributed by atoms with Crippen molar-refractivity contribution in [2.24, 2.45) is 0 Å². The Labute approximate surface area is 164 Å². The van der Waals surface area contributed by atoms with Crippen molar-refractivity contribution in [1.82, 2.24) is 5.32 Å². The van der Waals surface area contributed by atoms with Crippen LogP contribution in [-0.4, -0.2) is 38.0 Å². The van der Waals surface area contributed by atoms with Gasteiger partial charge in [-0.1, -0.05) is 23.3 Å². The van der Waals surface area contributed by atoms with Crippen molar-refractivity contribution in [3.8, 4) is 0 Å². The third kappa shape index (κ3) is 6.10. The van der Waals surface area contributed by atoms with Gasteiger partial charge in [-0.3, -0.25) is 9.59 Å². The molecule has 2 rings (SSSR count). The van der Waals surface area contributed by atoms with Gasteiger partial charge in [-0.15, -0.1) is 0 Å².